The second-order valence-corrected chi connectivity index (χ2v) is 3.71. The SMILES string of the molecule is CCOC(=O)C(Oc1ccncn1)c1ccccc1. The highest BCUT2D eigenvalue weighted by Crippen LogP contribution is 2.21. The Morgan fingerprint density at radius 3 is 2.68 bits per heavy atom. The molecule has 0 spiro atoms. The van der Waals surface area contributed by atoms with Crippen LogP contribution in [0, 0.1) is 0 Å². The summed E-state index contributed by atoms with van der Waals surface area (Å²) in [7, 11) is 0. The molecule has 0 saturated carbocycles. The molecule has 0 fully saturated rings. The number of aromatic nitrogens is 2. The molecular formula is C14H14N2O3. The molecule has 0 N–H and O–H groups in total. The Kier molecular flexibility index (Phi) is 4.44. The quantitative estimate of drug-likeness (QED) is 0.769. The zero-order valence-corrected chi connectivity index (χ0v) is 10.5. The third-order valence-corrected chi connectivity index (χ3v) is 2.40. The van der Waals surface area contributed by atoms with Gasteiger partial charge < -0.3 is 9.47 Å². The number of nitrogens with zero attached hydrogens (tertiary/aromatic N) is 2. The molecule has 0 bridgehead atoms. The fraction of sp³-hybridized carbons (Fsp3) is 0.214. The average Bonchev–Trinajstić information content (AvgIpc) is 2.47. The second-order valence-electron chi connectivity index (χ2n) is 3.71. The lowest BCUT2D eigenvalue weighted by molar-refractivity contribution is -0.151. The molecule has 0 aliphatic heterocycles. The lowest BCUT2D eigenvalue weighted by Gasteiger charge is -2.16. The molecule has 5 heteroatoms. The summed E-state index contributed by atoms with van der Waals surface area (Å²) in [5.74, 6) is -0.107. The Morgan fingerprint density at radius 2 is 2.05 bits per heavy atom. The van der Waals surface area contributed by atoms with E-state index in [1.54, 1.807) is 19.2 Å². The molecule has 0 aliphatic carbocycles. The largest absolute Gasteiger partial charge is 0.463 e. The van der Waals surface area contributed by atoms with Crippen molar-refractivity contribution in [2.24, 2.45) is 0 Å². The predicted molar refractivity (Wildman–Crippen MR) is 68.5 cm³/mol. The van der Waals surface area contributed by atoms with E-state index < -0.39 is 12.1 Å². The lowest BCUT2D eigenvalue weighted by Crippen LogP contribution is -2.21. The van der Waals surface area contributed by atoms with Crippen molar-refractivity contribution in [2.45, 2.75) is 13.0 Å². The van der Waals surface area contributed by atoms with E-state index in [1.165, 1.54) is 6.33 Å². The van der Waals surface area contributed by atoms with E-state index in [0.717, 1.165) is 5.56 Å². The van der Waals surface area contributed by atoms with Crippen LogP contribution in [0.4, 0.5) is 0 Å². The topological polar surface area (TPSA) is 61.3 Å². The molecule has 1 aromatic heterocycles. The van der Waals surface area contributed by atoms with Crippen molar-refractivity contribution in [2.75, 3.05) is 6.61 Å². The molecule has 19 heavy (non-hydrogen) atoms. The lowest BCUT2D eigenvalue weighted by atomic mass is 10.1. The number of hydrogen-bond donors (Lipinski definition) is 0. The maximum Gasteiger partial charge on any atom is 0.352 e. The van der Waals surface area contributed by atoms with E-state index in [2.05, 4.69) is 9.97 Å². The van der Waals surface area contributed by atoms with Gasteiger partial charge >= 0.3 is 5.97 Å². The number of carbonyl (C=O) groups is 1. The van der Waals surface area contributed by atoms with Gasteiger partial charge in [-0.25, -0.2) is 14.8 Å². The van der Waals surface area contributed by atoms with Crippen molar-refractivity contribution in [1.82, 2.24) is 9.97 Å². The molecule has 1 atom stereocenters. The molecule has 0 radical (unpaired) electrons. The molecule has 1 heterocycles. The highest BCUT2D eigenvalue weighted by molar-refractivity contribution is 5.76. The van der Waals surface area contributed by atoms with Gasteiger partial charge in [0.2, 0.25) is 12.0 Å². The van der Waals surface area contributed by atoms with Crippen molar-refractivity contribution < 1.29 is 14.3 Å². The maximum absolute atomic E-state index is 12.0. The maximum atomic E-state index is 12.0. The minimum absolute atomic E-state index is 0.301. The number of hydrogen-bond acceptors (Lipinski definition) is 5. The number of ether oxygens (including phenoxy) is 2. The summed E-state index contributed by atoms with van der Waals surface area (Å²) in [5.41, 5.74) is 0.722. The highest BCUT2D eigenvalue weighted by atomic mass is 16.6. The van der Waals surface area contributed by atoms with Crippen LogP contribution in [0.1, 0.15) is 18.6 Å². The normalized spacial score (nSPS) is 11.6. The first kappa shape index (κ1) is 13.0. The summed E-state index contributed by atoms with van der Waals surface area (Å²) in [6.07, 6.45) is 2.09. The molecule has 1 unspecified atom stereocenters. The van der Waals surface area contributed by atoms with Crippen LogP contribution in [0.3, 0.4) is 0 Å². The van der Waals surface area contributed by atoms with Crippen LogP contribution in [-0.4, -0.2) is 22.5 Å². The Morgan fingerprint density at radius 1 is 1.26 bits per heavy atom. The summed E-state index contributed by atoms with van der Waals surface area (Å²) in [5, 5.41) is 0. The van der Waals surface area contributed by atoms with Gasteiger partial charge in [-0.2, -0.15) is 0 Å². The van der Waals surface area contributed by atoms with Crippen LogP contribution in [0.15, 0.2) is 48.9 Å². The van der Waals surface area contributed by atoms with E-state index in [4.69, 9.17) is 9.47 Å². The van der Waals surface area contributed by atoms with Gasteiger partial charge in [0.15, 0.2) is 0 Å². The van der Waals surface area contributed by atoms with Crippen molar-refractivity contribution in [3.63, 3.8) is 0 Å². The van der Waals surface area contributed by atoms with E-state index in [9.17, 15) is 4.79 Å². The van der Waals surface area contributed by atoms with E-state index >= 15 is 0 Å². The molecule has 2 aromatic rings. The van der Waals surface area contributed by atoms with Crippen LogP contribution in [-0.2, 0) is 9.53 Å². The molecule has 0 amide bonds. The molecule has 98 valence electrons. The molecule has 5 nitrogen and oxygen atoms in total. The van der Waals surface area contributed by atoms with Gasteiger partial charge in [0.1, 0.15) is 6.33 Å². The Balaban J connectivity index is 2.22. The minimum Gasteiger partial charge on any atom is -0.463 e. The zero-order valence-electron chi connectivity index (χ0n) is 10.5. The first-order valence-corrected chi connectivity index (χ1v) is 5.95. The van der Waals surface area contributed by atoms with Gasteiger partial charge in [-0.1, -0.05) is 30.3 Å². The average molecular weight is 258 g/mol. The van der Waals surface area contributed by atoms with E-state index in [0.29, 0.717) is 12.5 Å². The smallest absolute Gasteiger partial charge is 0.352 e. The van der Waals surface area contributed by atoms with Crippen molar-refractivity contribution in [3.05, 3.63) is 54.5 Å². The highest BCUT2D eigenvalue weighted by Gasteiger charge is 2.24. The van der Waals surface area contributed by atoms with Crippen LogP contribution < -0.4 is 4.74 Å². The fourth-order valence-electron chi connectivity index (χ4n) is 1.57. The Labute approximate surface area is 111 Å². The summed E-state index contributed by atoms with van der Waals surface area (Å²) in [6.45, 7) is 2.06. The van der Waals surface area contributed by atoms with Crippen molar-refractivity contribution >= 4 is 5.97 Å². The Bertz CT molecular complexity index is 517. The molecule has 1 aromatic carbocycles. The zero-order chi connectivity index (χ0) is 13.5. The van der Waals surface area contributed by atoms with E-state index in [1.807, 2.05) is 30.3 Å². The van der Waals surface area contributed by atoms with Gasteiger partial charge in [-0.3, -0.25) is 0 Å². The first-order valence-electron chi connectivity index (χ1n) is 5.95. The van der Waals surface area contributed by atoms with Gasteiger partial charge in [-0.15, -0.1) is 0 Å². The van der Waals surface area contributed by atoms with Crippen LogP contribution in [0.25, 0.3) is 0 Å². The predicted octanol–water partition coefficient (Wildman–Crippen LogP) is 2.16. The molecule has 2 rings (SSSR count). The summed E-state index contributed by atoms with van der Waals surface area (Å²) in [4.78, 5) is 19.7. The first-order chi connectivity index (χ1) is 9.31. The molecule has 0 aliphatic rings. The fourth-order valence-corrected chi connectivity index (χ4v) is 1.57. The number of rotatable bonds is 5. The van der Waals surface area contributed by atoms with Crippen LogP contribution >= 0.6 is 0 Å². The van der Waals surface area contributed by atoms with Gasteiger partial charge in [0.05, 0.1) is 6.61 Å². The molecule has 0 saturated heterocycles. The monoisotopic (exact) mass is 258 g/mol. The van der Waals surface area contributed by atoms with E-state index in [-0.39, 0.29) is 0 Å². The third kappa shape index (κ3) is 3.51. The van der Waals surface area contributed by atoms with Crippen LogP contribution in [0.2, 0.25) is 0 Å². The van der Waals surface area contributed by atoms with Gasteiger partial charge in [0, 0.05) is 17.8 Å². The third-order valence-electron chi connectivity index (χ3n) is 2.40. The molecular weight excluding hydrogens is 244 g/mol. The number of benzene rings is 1. The summed E-state index contributed by atoms with van der Waals surface area (Å²) < 4.78 is 10.6. The second kappa shape index (κ2) is 6.49. The standard InChI is InChI=1S/C14H14N2O3/c1-2-18-14(17)13(11-6-4-3-5-7-11)19-12-8-9-15-10-16-12/h3-10,13H,2H2,1H3. The van der Waals surface area contributed by atoms with Crippen LogP contribution in [0.5, 0.6) is 5.88 Å². The summed E-state index contributed by atoms with van der Waals surface area (Å²) >= 11 is 0. The van der Waals surface area contributed by atoms with Crippen molar-refractivity contribution in [1.29, 1.82) is 0 Å². The summed E-state index contributed by atoms with van der Waals surface area (Å²) in [6, 6.07) is 10.8. The van der Waals surface area contributed by atoms with Gasteiger partial charge in [-0.05, 0) is 6.92 Å². The van der Waals surface area contributed by atoms with Gasteiger partial charge in [0.25, 0.3) is 0 Å². The van der Waals surface area contributed by atoms with Crippen molar-refractivity contribution in [3.8, 4) is 5.88 Å². The minimum atomic E-state index is -0.823. The number of carbonyl (C=O) groups excluding carboxylic acids is 1. The Hall–Kier alpha value is -2.43. The number of esters is 1.